The van der Waals surface area contributed by atoms with Crippen LogP contribution < -0.4 is 5.32 Å². The fourth-order valence-corrected chi connectivity index (χ4v) is 2.81. The summed E-state index contributed by atoms with van der Waals surface area (Å²) in [4.78, 5) is 16.0. The van der Waals surface area contributed by atoms with E-state index in [1.807, 2.05) is 36.5 Å². The monoisotopic (exact) mass is 376 g/mol. The molecule has 1 N–H and O–H groups in total. The third-order valence-corrected chi connectivity index (χ3v) is 4.18. The van der Waals surface area contributed by atoms with E-state index in [-0.39, 0.29) is 24.8 Å². The first-order valence-corrected chi connectivity index (χ1v) is 8.68. The fourth-order valence-electron chi connectivity index (χ4n) is 2.81. The van der Waals surface area contributed by atoms with E-state index in [2.05, 4.69) is 20.5 Å². The van der Waals surface area contributed by atoms with Crippen LogP contribution in [0.4, 0.5) is 4.39 Å². The maximum absolute atomic E-state index is 13.3. The molecule has 1 amide bonds. The molecule has 0 aliphatic heterocycles. The van der Waals surface area contributed by atoms with Crippen molar-refractivity contribution in [1.29, 1.82) is 0 Å². The van der Waals surface area contributed by atoms with Crippen LogP contribution in [-0.2, 0) is 17.9 Å². The number of rotatable bonds is 6. The summed E-state index contributed by atoms with van der Waals surface area (Å²) in [5, 5.41) is 11.4. The molecule has 2 heterocycles. The zero-order chi connectivity index (χ0) is 19.3. The maximum atomic E-state index is 13.3. The van der Waals surface area contributed by atoms with E-state index in [1.165, 1.54) is 29.5 Å². The Morgan fingerprint density at radius 2 is 1.86 bits per heavy atom. The van der Waals surface area contributed by atoms with Crippen molar-refractivity contribution in [1.82, 2.24) is 29.9 Å². The first-order chi connectivity index (χ1) is 13.7. The van der Waals surface area contributed by atoms with Gasteiger partial charge in [0.05, 0.1) is 11.4 Å². The van der Waals surface area contributed by atoms with E-state index >= 15 is 0 Å². The molecule has 0 saturated carbocycles. The average molecular weight is 376 g/mol. The van der Waals surface area contributed by atoms with Crippen LogP contribution in [0, 0.1) is 5.82 Å². The third kappa shape index (κ3) is 3.96. The predicted octanol–water partition coefficient (Wildman–Crippen LogP) is 2.59. The second-order valence-corrected chi connectivity index (χ2v) is 6.16. The molecule has 0 bridgehead atoms. The van der Waals surface area contributed by atoms with Gasteiger partial charge in [0.25, 0.3) is 0 Å². The molecule has 2 aromatic heterocycles. The molecule has 0 aliphatic rings. The third-order valence-electron chi connectivity index (χ3n) is 4.18. The van der Waals surface area contributed by atoms with Gasteiger partial charge in [0.1, 0.15) is 25.0 Å². The number of carbonyl (C=O) groups excluding carboxylic acids is 1. The molecule has 0 atom stereocenters. The van der Waals surface area contributed by atoms with Gasteiger partial charge in [0, 0.05) is 23.9 Å². The zero-order valence-corrected chi connectivity index (χ0v) is 14.9. The second-order valence-electron chi connectivity index (χ2n) is 6.16. The molecule has 0 radical (unpaired) electrons. The zero-order valence-electron chi connectivity index (χ0n) is 14.9. The SMILES string of the molecule is O=C(Cn1cncn1)NCc1cn(-c2ccccc2)nc1-c1ccc(F)cc1. The molecule has 28 heavy (non-hydrogen) atoms. The number of hydrogen-bond acceptors (Lipinski definition) is 4. The molecule has 8 heteroatoms. The van der Waals surface area contributed by atoms with E-state index in [9.17, 15) is 9.18 Å². The van der Waals surface area contributed by atoms with Crippen molar-refractivity contribution in [3.05, 3.63) is 84.8 Å². The Balaban J connectivity index is 1.59. The number of halogens is 1. The summed E-state index contributed by atoms with van der Waals surface area (Å²) < 4.78 is 16.5. The molecule has 0 fully saturated rings. The smallest absolute Gasteiger partial charge is 0.242 e. The standard InChI is InChI=1S/C20H17FN6O/c21-17-8-6-15(7-9-17)20-16(10-23-19(28)12-26-14-22-13-24-26)11-27(25-20)18-4-2-1-3-5-18/h1-9,11,13-14H,10,12H2,(H,23,28). The molecule has 140 valence electrons. The summed E-state index contributed by atoms with van der Waals surface area (Å²) in [7, 11) is 0. The lowest BCUT2D eigenvalue weighted by atomic mass is 10.1. The Morgan fingerprint density at radius 1 is 1.07 bits per heavy atom. The minimum atomic E-state index is -0.311. The quantitative estimate of drug-likeness (QED) is 0.561. The molecular formula is C20H17FN6O. The van der Waals surface area contributed by atoms with Crippen molar-refractivity contribution in [3.63, 3.8) is 0 Å². The average Bonchev–Trinajstić information content (AvgIpc) is 3.38. The Kier molecular flexibility index (Phi) is 4.92. The number of benzene rings is 2. The normalized spacial score (nSPS) is 10.8. The summed E-state index contributed by atoms with van der Waals surface area (Å²) in [5.41, 5.74) is 3.18. The minimum absolute atomic E-state index is 0.0820. The van der Waals surface area contributed by atoms with Crippen LogP contribution in [0.2, 0.25) is 0 Å². The van der Waals surface area contributed by atoms with E-state index < -0.39 is 0 Å². The van der Waals surface area contributed by atoms with Crippen molar-refractivity contribution in [2.24, 2.45) is 0 Å². The molecule has 0 unspecified atom stereocenters. The van der Waals surface area contributed by atoms with Crippen molar-refractivity contribution < 1.29 is 9.18 Å². The van der Waals surface area contributed by atoms with Crippen molar-refractivity contribution in [3.8, 4) is 16.9 Å². The first kappa shape index (κ1) is 17.6. The van der Waals surface area contributed by atoms with Gasteiger partial charge in [-0.1, -0.05) is 18.2 Å². The molecule has 0 spiro atoms. The first-order valence-electron chi connectivity index (χ1n) is 8.68. The maximum Gasteiger partial charge on any atom is 0.242 e. The highest BCUT2D eigenvalue weighted by atomic mass is 19.1. The molecule has 0 saturated heterocycles. The molecule has 0 aliphatic carbocycles. The molecule has 7 nitrogen and oxygen atoms in total. The number of aromatic nitrogens is 5. The highest BCUT2D eigenvalue weighted by Gasteiger charge is 2.14. The lowest BCUT2D eigenvalue weighted by Gasteiger charge is -2.05. The Morgan fingerprint density at radius 3 is 2.57 bits per heavy atom. The Hall–Kier alpha value is -3.81. The second kappa shape index (κ2) is 7.83. The van der Waals surface area contributed by atoms with Crippen LogP contribution in [0.3, 0.4) is 0 Å². The minimum Gasteiger partial charge on any atom is -0.350 e. The topological polar surface area (TPSA) is 77.6 Å². The van der Waals surface area contributed by atoms with E-state index in [1.54, 1.807) is 16.8 Å². The summed E-state index contributed by atoms with van der Waals surface area (Å²) in [5.74, 6) is -0.503. The van der Waals surface area contributed by atoms with Gasteiger partial charge in [-0.2, -0.15) is 10.2 Å². The molecule has 4 aromatic rings. The molecule has 2 aromatic carbocycles. The number of para-hydroxylation sites is 1. The van der Waals surface area contributed by atoms with Gasteiger partial charge in [0.15, 0.2) is 0 Å². The Labute approximate surface area is 160 Å². The van der Waals surface area contributed by atoms with Crippen LogP contribution in [0.1, 0.15) is 5.56 Å². The van der Waals surface area contributed by atoms with Crippen LogP contribution in [0.25, 0.3) is 16.9 Å². The summed E-state index contributed by atoms with van der Waals surface area (Å²) in [6.45, 7) is 0.367. The van der Waals surface area contributed by atoms with E-state index in [4.69, 9.17) is 0 Å². The number of amides is 1. The van der Waals surface area contributed by atoms with E-state index in [0.717, 1.165) is 16.8 Å². The van der Waals surface area contributed by atoms with Crippen LogP contribution in [0.5, 0.6) is 0 Å². The fraction of sp³-hybridized carbons (Fsp3) is 0.100. The van der Waals surface area contributed by atoms with Gasteiger partial charge in [-0.25, -0.2) is 18.7 Å². The van der Waals surface area contributed by atoms with Gasteiger partial charge in [0.2, 0.25) is 5.91 Å². The van der Waals surface area contributed by atoms with Crippen LogP contribution in [0.15, 0.2) is 73.4 Å². The molecular weight excluding hydrogens is 359 g/mol. The largest absolute Gasteiger partial charge is 0.350 e. The number of nitrogens with one attached hydrogen (secondary N) is 1. The van der Waals surface area contributed by atoms with Gasteiger partial charge >= 0.3 is 0 Å². The highest BCUT2D eigenvalue weighted by Crippen LogP contribution is 2.24. The van der Waals surface area contributed by atoms with E-state index in [0.29, 0.717) is 5.69 Å². The van der Waals surface area contributed by atoms with Gasteiger partial charge in [-0.05, 0) is 36.4 Å². The van der Waals surface area contributed by atoms with Crippen molar-refractivity contribution in [2.75, 3.05) is 0 Å². The predicted molar refractivity (Wildman–Crippen MR) is 101 cm³/mol. The van der Waals surface area contributed by atoms with Crippen LogP contribution in [-0.4, -0.2) is 30.5 Å². The summed E-state index contributed by atoms with van der Waals surface area (Å²) in [6.07, 6.45) is 4.73. The van der Waals surface area contributed by atoms with Crippen LogP contribution >= 0.6 is 0 Å². The van der Waals surface area contributed by atoms with Gasteiger partial charge in [-0.15, -0.1) is 0 Å². The van der Waals surface area contributed by atoms with Crippen molar-refractivity contribution >= 4 is 5.91 Å². The number of hydrogen-bond donors (Lipinski definition) is 1. The van der Waals surface area contributed by atoms with Gasteiger partial charge in [-0.3, -0.25) is 4.79 Å². The van der Waals surface area contributed by atoms with Crippen molar-refractivity contribution in [2.45, 2.75) is 13.1 Å². The number of carbonyl (C=O) groups is 1. The van der Waals surface area contributed by atoms with Gasteiger partial charge < -0.3 is 5.32 Å². The highest BCUT2D eigenvalue weighted by molar-refractivity contribution is 5.76. The lowest BCUT2D eigenvalue weighted by molar-refractivity contribution is -0.122. The summed E-state index contributed by atoms with van der Waals surface area (Å²) >= 11 is 0. The summed E-state index contributed by atoms with van der Waals surface area (Å²) in [6, 6.07) is 15.8. The number of nitrogens with zero attached hydrogens (tertiary/aromatic N) is 5. The lowest BCUT2D eigenvalue weighted by Crippen LogP contribution is -2.27. The Bertz CT molecular complexity index is 1060. The molecule has 4 rings (SSSR count).